The second kappa shape index (κ2) is 14.9. The van der Waals surface area contributed by atoms with Gasteiger partial charge in [-0.3, -0.25) is 39.4 Å². The van der Waals surface area contributed by atoms with Crippen LogP contribution >= 0.6 is 0 Å². The summed E-state index contributed by atoms with van der Waals surface area (Å²) in [5, 5.41) is 16.8. The quantitative estimate of drug-likeness (QED) is 0.132. The van der Waals surface area contributed by atoms with Crippen molar-refractivity contribution in [3.63, 3.8) is 0 Å². The van der Waals surface area contributed by atoms with Crippen LogP contribution in [0, 0.1) is 6.92 Å². The third kappa shape index (κ3) is 7.02. The molecule has 0 radical (unpaired) electrons. The predicted molar refractivity (Wildman–Crippen MR) is 208 cm³/mol. The number of ether oxygens (including phenoxy) is 1. The van der Waals surface area contributed by atoms with Gasteiger partial charge in [0.25, 0.3) is 11.8 Å². The van der Waals surface area contributed by atoms with Crippen molar-refractivity contribution < 1.29 is 32.3 Å². The Bertz CT molecular complexity index is 2560. The molecule has 300 valence electrons. The lowest BCUT2D eigenvalue weighted by atomic mass is 9.96. The summed E-state index contributed by atoms with van der Waals surface area (Å²) in [6.07, 6.45) is 8.24. The molecule has 3 fully saturated rings. The minimum Gasteiger partial charge on any atom is -0.484 e. The molecule has 1 atom stereocenters. The zero-order valence-corrected chi connectivity index (χ0v) is 32.3. The van der Waals surface area contributed by atoms with E-state index in [1.165, 1.54) is 6.07 Å². The fourth-order valence-corrected chi connectivity index (χ4v) is 8.72. The number of nitrogens with one attached hydrogen (secondary N) is 4. The number of rotatable bonds is 12. The fourth-order valence-electron chi connectivity index (χ4n) is 7.61. The molecule has 4 aliphatic rings. The number of benzene rings is 2. The van der Waals surface area contributed by atoms with Gasteiger partial charge >= 0.3 is 0 Å². The number of fused-ring (bicyclic) bond motifs is 2. The molecule has 20 heteroatoms. The van der Waals surface area contributed by atoms with Crippen LogP contribution in [0.25, 0.3) is 16.9 Å². The minimum absolute atomic E-state index is 0.0568. The van der Waals surface area contributed by atoms with Crippen molar-refractivity contribution in [2.45, 2.75) is 56.1 Å². The van der Waals surface area contributed by atoms with Gasteiger partial charge < -0.3 is 15.0 Å². The van der Waals surface area contributed by atoms with E-state index >= 15 is 0 Å². The number of sulfonamides is 1. The van der Waals surface area contributed by atoms with E-state index in [1.54, 1.807) is 53.6 Å². The first-order valence-electron chi connectivity index (χ1n) is 19.1. The van der Waals surface area contributed by atoms with E-state index in [4.69, 9.17) is 9.72 Å². The average molecular weight is 809 g/mol. The number of aromatic nitrogens is 6. The smallest absolute Gasteiger partial charge is 0.262 e. The Hall–Kier alpha value is -6.25. The highest BCUT2D eigenvalue weighted by Gasteiger charge is 2.45. The Morgan fingerprint density at radius 1 is 0.966 bits per heavy atom. The molecule has 1 unspecified atom stereocenters. The number of aromatic amines is 1. The summed E-state index contributed by atoms with van der Waals surface area (Å²) in [7, 11) is -3.81. The summed E-state index contributed by atoms with van der Waals surface area (Å²) in [4.78, 5) is 65.0. The maximum absolute atomic E-state index is 13.3. The molecule has 1 aliphatic carbocycles. The number of amides is 4. The number of anilines is 3. The molecule has 3 aliphatic heterocycles. The van der Waals surface area contributed by atoms with Crippen LogP contribution in [-0.4, -0.2) is 123 Å². The normalized spacial score (nSPS) is 19.1. The summed E-state index contributed by atoms with van der Waals surface area (Å²) in [6.45, 7) is 5.06. The molecule has 5 aromatic rings. The Morgan fingerprint density at radius 2 is 1.78 bits per heavy atom. The van der Waals surface area contributed by atoms with E-state index in [0.29, 0.717) is 67.0 Å². The van der Waals surface area contributed by atoms with Gasteiger partial charge in [0.05, 0.1) is 28.3 Å². The summed E-state index contributed by atoms with van der Waals surface area (Å²) in [5.74, 6) is -1.33. The van der Waals surface area contributed by atoms with Gasteiger partial charge in [-0.25, -0.2) is 18.1 Å². The summed E-state index contributed by atoms with van der Waals surface area (Å²) < 4.78 is 37.3. The van der Waals surface area contributed by atoms with Gasteiger partial charge in [0.2, 0.25) is 33.4 Å². The number of piperazine rings is 1. The highest BCUT2D eigenvalue weighted by molar-refractivity contribution is 7.89. The molecule has 19 nitrogen and oxygen atoms in total. The maximum Gasteiger partial charge on any atom is 0.262 e. The van der Waals surface area contributed by atoms with Gasteiger partial charge in [0, 0.05) is 68.8 Å². The van der Waals surface area contributed by atoms with E-state index < -0.39 is 39.7 Å². The van der Waals surface area contributed by atoms with Gasteiger partial charge in [0.1, 0.15) is 18.1 Å². The SMILES string of the molecule is Cc1cc(S(=O)(=O)NCCN2CCN(c3ccc4c(c3)C(=O)N(C3CCC(=O)NC3=O)C4=O)CC2)ccc1Nc1nc2c(OC3CCC3)c(-c3cn[nH]c3)ncn2n1. The van der Waals surface area contributed by atoms with Crippen LogP contribution in [0.15, 0.2) is 60.0 Å². The molecule has 3 aromatic heterocycles. The largest absolute Gasteiger partial charge is 0.484 e. The topological polar surface area (TPSA) is 229 Å². The lowest BCUT2D eigenvalue weighted by molar-refractivity contribution is -0.136. The summed E-state index contributed by atoms with van der Waals surface area (Å²) in [6, 6.07) is 8.88. The number of imide groups is 2. The zero-order valence-electron chi connectivity index (χ0n) is 31.5. The summed E-state index contributed by atoms with van der Waals surface area (Å²) >= 11 is 0. The Labute approximate surface area is 332 Å². The van der Waals surface area contributed by atoms with Gasteiger partial charge in [0.15, 0.2) is 5.75 Å². The van der Waals surface area contributed by atoms with Crippen LogP contribution in [0.4, 0.5) is 17.3 Å². The number of piperidine rings is 1. The van der Waals surface area contributed by atoms with Crippen molar-refractivity contribution in [2.24, 2.45) is 0 Å². The van der Waals surface area contributed by atoms with E-state index in [1.807, 2.05) is 6.92 Å². The van der Waals surface area contributed by atoms with E-state index in [-0.39, 0.29) is 41.5 Å². The zero-order chi connectivity index (χ0) is 40.1. The second-order valence-electron chi connectivity index (χ2n) is 14.8. The number of carbonyl (C=O) groups excluding carboxylic acids is 4. The Kier molecular flexibility index (Phi) is 9.60. The number of aryl methyl sites for hydroxylation is 1. The van der Waals surface area contributed by atoms with Gasteiger partial charge in [-0.2, -0.15) is 14.6 Å². The third-order valence-electron chi connectivity index (χ3n) is 11.1. The summed E-state index contributed by atoms with van der Waals surface area (Å²) in [5.41, 5.74) is 4.45. The molecule has 0 bridgehead atoms. The molecule has 4 N–H and O–H groups in total. The number of carbonyl (C=O) groups is 4. The predicted octanol–water partition coefficient (Wildman–Crippen LogP) is 2.00. The van der Waals surface area contributed by atoms with Crippen molar-refractivity contribution in [3.05, 3.63) is 71.8 Å². The van der Waals surface area contributed by atoms with Crippen LogP contribution < -0.4 is 25.0 Å². The van der Waals surface area contributed by atoms with Gasteiger partial charge in [-0.15, -0.1) is 5.10 Å². The fraction of sp³-hybridized carbons (Fsp3) is 0.368. The maximum atomic E-state index is 13.3. The molecule has 1 saturated carbocycles. The van der Waals surface area contributed by atoms with Crippen LogP contribution in [0.5, 0.6) is 5.75 Å². The van der Waals surface area contributed by atoms with Crippen molar-refractivity contribution in [1.82, 2.24) is 49.6 Å². The van der Waals surface area contributed by atoms with Gasteiger partial charge in [-0.05, 0) is 74.6 Å². The molecule has 2 saturated heterocycles. The lowest BCUT2D eigenvalue weighted by Crippen LogP contribution is -2.54. The minimum atomic E-state index is -3.81. The average Bonchev–Trinajstić information content (AvgIpc) is 3.93. The monoisotopic (exact) mass is 808 g/mol. The standard InChI is InChI=1S/C38H40N12O7S/c1-22-17-26(6-8-29(22)43-38-45-34-33(57-25-3-2-4-25)32(23-19-40-41-20-23)39-21-49(34)46-38)58(55,56)42-11-12-47-13-15-48(16-14-47)24-5-7-27-28(18-24)37(54)50(36(27)53)30-9-10-31(51)44-35(30)52/h5-8,17-21,25,30,42H,2-4,9-16H2,1H3,(H,40,41)(H,43,46)(H,44,51,52). The van der Waals surface area contributed by atoms with Crippen LogP contribution in [-0.2, 0) is 19.6 Å². The first-order chi connectivity index (χ1) is 28.0. The molecule has 0 spiro atoms. The molecule has 9 rings (SSSR count). The second-order valence-corrected chi connectivity index (χ2v) is 16.6. The third-order valence-corrected chi connectivity index (χ3v) is 12.5. The van der Waals surface area contributed by atoms with Crippen molar-refractivity contribution in [3.8, 4) is 17.0 Å². The first-order valence-corrected chi connectivity index (χ1v) is 20.6. The van der Waals surface area contributed by atoms with Crippen LogP contribution in [0.1, 0.15) is 58.4 Å². The van der Waals surface area contributed by atoms with Crippen molar-refractivity contribution in [2.75, 3.05) is 49.5 Å². The van der Waals surface area contributed by atoms with Crippen LogP contribution in [0.2, 0.25) is 0 Å². The van der Waals surface area contributed by atoms with Crippen molar-refractivity contribution >= 4 is 56.6 Å². The molecular formula is C38H40N12O7S. The van der Waals surface area contributed by atoms with E-state index in [9.17, 15) is 27.6 Å². The lowest BCUT2D eigenvalue weighted by Gasteiger charge is -2.36. The first kappa shape index (κ1) is 37.3. The molecule has 2 aromatic carbocycles. The Balaban J connectivity index is 0.791. The number of hydrogen-bond acceptors (Lipinski definition) is 14. The molecule has 6 heterocycles. The highest BCUT2D eigenvalue weighted by Crippen LogP contribution is 2.36. The van der Waals surface area contributed by atoms with Gasteiger partial charge in [-0.1, -0.05) is 0 Å². The Morgan fingerprint density at radius 3 is 2.50 bits per heavy atom. The number of hydrogen-bond donors (Lipinski definition) is 4. The van der Waals surface area contributed by atoms with E-state index in [2.05, 4.69) is 45.4 Å². The van der Waals surface area contributed by atoms with Crippen LogP contribution in [0.3, 0.4) is 0 Å². The molecular weight excluding hydrogens is 769 g/mol. The number of H-pyrrole nitrogens is 1. The molecule has 4 amide bonds. The highest BCUT2D eigenvalue weighted by atomic mass is 32.2. The van der Waals surface area contributed by atoms with E-state index in [0.717, 1.165) is 35.4 Å². The molecule has 58 heavy (non-hydrogen) atoms. The number of nitrogens with zero attached hydrogens (tertiary/aromatic N) is 8. The van der Waals surface area contributed by atoms with Crippen molar-refractivity contribution in [1.29, 1.82) is 0 Å².